The van der Waals surface area contributed by atoms with Crippen LogP contribution in [0.15, 0.2) is 11.6 Å². The summed E-state index contributed by atoms with van der Waals surface area (Å²) in [6, 6.07) is 0.569. The van der Waals surface area contributed by atoms with E-state index in [0.717, 1.165) is 31.2 Å². The molecule has 0 amide bonds. The van der Waals surface area contributed by atoms with Crippen molar-refractivity contribution in [3.05, 3.63) is 16.6 Å². The molecule has 2 heterocycles. The normalized spacial score (nSPS) is 23.5. The zero-order valence-corrected chi connectivity index (χ0v) is 15.3. The van der Waals surface area contributed by atoms with Crippen LogP contribution in [0.4, 0.5) is 0 Å². The Labute approximate surface area is 142 Å². The van der Waals surface area contributed by atoms with E-state index in [1.807, 2.05) is 11.6 Å². The van der Waals surface area contributed by atoms with Crippen LogP contribution in [0, 0.1) is 5.41 Å². The van der Waals surface area contributed by atoms with Crippen LogP contribution in [0.1, 0.15) is 31.2 Å². The summed E-state index contributed by atoms with van der Waals surface area (Å²) in [7, 11) is -3.12. The summed E-state index contributed by atoms with van der Waals surface area (Å²) in [5, 5.41) is 6.55. The lowest BCUT2D eigenvalue weighted by Gasteiger charge is -2.29. The van der Waals surface area contributed by atoms with Crippen LogP contribution in [0.25, 0.3) is 0 Å². The van der Waals surface area contributed by atoms with Gasteiger partial charge in [0.05, 0.1) is 12.3 Å². The summed E-state index contributed by atoms with van der Waals surface area (Å²) in [6.07, 6.45) is 5.53. The zero-order chi connectivity index (χ0) is 16.3. The minimum Gasteiger partial charge on any atom is -0.317 e. The summed E-state index contributed by atoms with van der Waals surface area (Å²) in [4.78, 5) is 6.83. The fourth-order valence-electron chi connectivity index (χ4n) is 3.60. The average Bonchev–Trinajstić information content (AvgIpc) is 2.97. The molecule has 2 aliphatic rings. The third-order valence-corrected chi connectivity index (χ3v) is 7.28. The average molecular weight is 359 g/mol. The van der Waals surface area contributed by atoms with Gasteiger partial charge in [-0.2, -0.15) is 0 Å². The Morgan fingerprint density at radius 1 is 1.48 bits per heavy atom. The Morgan fingerprint density at radius 2 is 2.26 bits per heavy atom. The second kappa shape index (κ2) is 7.14. The number of piperidine rings is 1. The molecular weight excluding hydrogens is 332 g/mol. The molecule has 0 aromatic carbocycles. The van der Waals surface area contributed by atoms with Crippen molar-refractivity contribution in [3.8, 4) is 0 Å². The number of nitrogens with one attached hydrogen (secondary N) is 2. The maximum absolute atomic E-state index is 11.6. The maximum Gasteiger partial charge on any atom is 0.211 e. The van der Waals surface area contributed by atoms with Gasteiger partial charge in [0.25, 0.3) is 0 Å². The lowest BCUT2D eigenvalue weighted by molar-refractivity contribution is 0.198. The molecule has 8 heteroatoms. The summed E-state index contributed by atoms with van der Waals surface area (Å²) in [5.74, 6) is 0.137. The SMILES string of the molecule is CCS(=O)(=O)NCCN(Cc1nccs1)[C@@H]1CC12CCNCC2. The third kappa shape index (κ3) is 4.30. The van der Waals surface area contributed by atoms with E-state index in [0.29, 0.717) is 18.0 Å². The molecule has 130 valence electrons. The molecular formula is C15H26N4O2S2. The van der Waals surface area contributed by atoms with E-state index in [1.54, 1.807) is 18.3 Å². The Balaban J connectivity index is 1.60. The van der Waals surface area contributed by atoms with Gasteiger partial charge in [-0.05, 0) is 44.7 Å². The molecule has 1 aromatic rings. The molecule has 2 fully saturated rings. The maximum atomic E-state index is 11.6. The Kier molecular flexibility index (Phi) is 5.37. The molecule has 2 N–H and O–H groups in total. The number of thiazole rings is 1. The minimum absolute atomic E-state index is 0.137. The van der Waals surface area contributed by atoms with Crippen molar-refractivity contribution in [2.75, 3.05) is 31.9 Å². The monoisotopic (exact) mass is 358 g/mol. The molecule has 1 spiro atoms. The van der Waals surface area contributed by atoms with Gasteiger partial charge in [0, 0.05) is 30.7 Å². The van der Waals surface area contributed by atoms with Crippen molar-refractivity contribution in [2.24, 2.45) is 5.41 Å². The summed E-state index contributed by atoms with van der Waals surface area (Å²) >= 11 is 1.67. The van der Waals surface area contributed by atoms with E-state index >= 15 is 0 Å². The van der Waals surface area contributed by atoms with Crippen LogP contribution in [-0.4, -0.2) is 56.3 Å². The van der Waals surface area contributed by atoms with Gasteiger partial charge in [0.15, 0.2) is 0 Å². The molecule has 1 aromatic heterocycles. The zero-order valence-electron chi connectivity index (χ0n) is 13.6. The van der Waals surface area contributed by atoms with Gasteiger partial charge in [-0.3, -0.25) is 4.90 Å². The van der Waals surface area contributed by atoms with Crippen molar-refractivity contribution in [2.45, 2.75) is 38.8 Å². The van der Waals surface area contributed by atoms with Gasteiger partial charge in [-0.15, -0.1) is 11.3 Å². The van der Waals surface area contributed by atoms with Crippen molar-refractivity contribution < 1.29 is 8.42 Å². The topological polar surface area (TPSA) is 74.3 Å². The molecule has 3 rings (SSSR count). The molecule has 1 aliphatic carbocycles. The molecule has 0 radical (unpaired) electrons. The number of sulfonamides is 1. The first-order chi connectivity index (χ1) is 11.0. The number of rotatable bonds is 8. The van der Waals surface area contributed by atoms with Crippen molar-refractivity contribution >= 4 is 21.4 Å². The second-order valence-electron chi connectivity index (χ2n) is 6.53. The molecule has 23 heavy (non-hydrogen) atoms. The molecule has 1 saturated heterocycles. The first kappa shape index (κ1) is 17.3. The highest BCUT2D eigenvalue weighted by atomic mass is 32.2. The third-order valence-electron chi connectivity index (χ3n) is 5.11. The van der Waals surface area contributed by atoms with Crippen LogP contribution in [0.3, 0.4) is 0 Å². The van der Waals surface area contributed by atoms with E-state index < -0.39 is 10.0 Å². The van der Waals surface area contributed by atoms with Crippen molar-refractivity contribution in [1.82, 2.24) is 19.9 Å². The predicted octanol–water partition coefficient (Wildman–Crippen LogP) is 1.03. The summed E-state index contributed by atoms with van der Waals surface area (Å²) in [6.45, 7) is 5.92. The van der Waals surface area contributed by atoms with Crippen LogP contribution in [-0.2, 0) is 16.6 Å². The highest BCUT2D eigenvalue weighted by Crippen LogP contribution is 2.55. The molecule has 0 unspecified atom stereocenters. The highest BCUT2D eigenvalue weighted by Gasteiger charge is 2.56. The summed E-state index contributed by atoms with van der Waals surface area (Å²) in [5.41, 5.74) is 0.451. The van der Waals surface area contributed by atoms with E-state index in [9.17, 15) is 8.42 Å². The van der Waals surface area contributed by atoms with Crippen LogP contribution < -0.4 is 10.0 Å². The highest BCUT2D eigenvalue weighted by molar-refractivity contribution is 7.89. The largest absolute Gasteiger partial charge is 0.317 e. The van der Waals surface area contributed by atoms with Crippen LogP contribution in [0.5, 0.6) is 0 Å². The minimum atomic E-state index is -3.12. The van der Waals surface area contributed by atoms with E-state index in [-0.39, 0.29) is 5.75 Å². The second-order valence-corrected chi connectivity index (χ2v) is 9.60. The lowest BCUT2D eigenvalue weighted by Crippen LogP contribution is -2.40. The summed E-state index contributed by atoms with van der Waals surface area (Å²) < 4.78 is 26.0. The quantitative estimate of drug-likeness (QED) is 0.726. The molecule has 6 nitrogen and oxygen atoms in total. The molecule has 1 aliphatic heterocycles. The van der Waals surface area contributed by atoms with Crippen molar-refractivity contribution in [3.63, 3.8) is 0 Å². The lowest BCUT2D eigenvalue weighted by atomic mass is 9.93. The van der Waals surface area contributed by atoms with E-state index in [2.05, 4.69) is 19.9 Å². The molecule has 0 bridgehead atoms. The van der Waals surface area contributed by atoms with Gasteiger partial charge < -0.3 is 5.32 Å². The smallest absolute Gasteiger partial charge is 0.211 e. The fraction of sp³-hybridized carbons (Fsp3) is 0.800. The van der Waals surface area contributed by atoms with Gasteiger partial charge in [0.2, 0.25) is 10.0 Å². The number of hydrogen-bond acceptors (Lipinski definition) is 6. The number of aromatic nitrogens is 1. The predicted molar refractivity (Wildman–Crippen MR) is 92.9 cm³/mol. The van der Waals surface area contributed by atoms with Gasteiger partial charge in [-0.25, -0.2) is 18.1 Å². The van der Waals surface area contributed by atoms with Crippen LogP contribution >= 0.6 is 11.3 Å². The van der Waals surface area contributed by atoms with Gasteiger partial charge in [-0.1, -0.05) is 0 Å². The van der Waals surface area contributed by atoms with E-state index in [4.69, 9.17) is 0 Å². The fourth-order valence-corrected chi connectivity index (χ4v) is 4.85. The van der Waals surface area contributed by atoms with Gasteiger partial charge in [0.1, 0.15) is 5.01 Å². The Morgan fingerprint density at radius 3 is 2.91 bits per heavy atom. The first-order valence-corrected chi connectivity index (χ1v) is 10.9. The Bertz CT molecular complexity index is 597. The number of nitrogens with zero attached hydrogens (tertiary/aromatic N) is 2. The standard InChI is InChI=1S/C15H26N4O2S2/c1-2-23(20,21)18-7-9-19(12-14-17-8-10-22-14)13-11-15(13)3-5-16-6-4-15/h8,10,13,16,18H,2-7,9,11-12H2,1H3/t13-/m1/s1. The van der Waals surface area contributed by atoms with Crippen molar-refractivity contribution in [1.29, 1.82) is 0 Å². The van der Waals surface area contributed by atoms with Gasteiger partial charge >= 0.3 is 0 Å². The first-order valence-electron chi connectivity index (χ1n) is 8.35. The molecule has 1 saturated carbocycles. The number of hydrogen-bond donors (Lipinski definition) is 2. The van der Waals surface area contributed by atoms with Crippen LogP contribution in [0.2, 0.25) is 0 Å². The van der Waals surface area contributed by atoms with E-state index in [1.165, 1.54) is 19.3 Å². The Hall–Kier alpha value is -0.540. The molecule has 1 atom stereocenters.